The van der Waals surface area contributed by atoms with Gasteiger partial charge in [-0.2, -0.15) is 0 Å². The molecule has 0 saturated carbocycles. The third kappa shape index (κ3) is 6.71. The van der Waals surface area contributed by atoms with E-state index in [9.17, 15) is 9.90 Å². The van der Waals surface area contributed by atoms with E-state index >= 15 is 0 Å². The largest absolute Gasteiger partial charge is 0.388 e. The summed E-state index contributed by atoms with van der Waals surface area (Å²) in [4.78, 5) is 11.8. The summed E-state index contributed by atoms with van der Waals surface area (Å²) in [6.45, 7) is 8.26. The highest BCUT2D eigenvalue weighted by molar-refractivity contribution is 5.76. The van der Waals surface area contributed by atoms with Crippen molar-refractivity contribution in [1.82, 2.24) is 5.32 Å². The number of aryl methyl sites for hydroxylation is 2. The van der Waals surface area contributed by atoms with E-state index in [0.29, 0.717) is 25.3 Å². The molecule has 0 aromatic heterocycles. The normalized spacial score (nSPS) is 14.1. The van der Waals surface area contributed by atoms with Crippen LogP contribution in [0.25, 0.3) is 0 Å². The van der Waals surface area contributed by atoms with Crippen LogP contribution in [0.1, 0.15) is 44.7 Å². The highest BCUT2D eigenvalue weighted by atomic mass is 16.3. The summed E-state index contributed by atoms with van der Waals surface area (Å²) in [5.74, 6) is 0.407. The first-order chi connectivity index (χ1) is 9.28. The van der Waals surface area contributed by atoms with Gasteiger partial charge in [-0.05, 0) is 38.2 Å². The molecule has 112 valence electrons. The predicted molar refractivity (Wildman–Crippen MR) is 82.6 cm³/mol. The number of rotatable bonds is 7. The maximum atomic E-state index is 11.8. The van der Waals surface area contributed by atoms with Crippen LogP contribution in [0.5, 0.6) is 0 Å². The van der Waals surface area contributed by atoms with Gasteiger partial charge in [-0.25, -0.2) is 0 Å². The molecule has 0 radical (unpaired) electrons. The fraction of sp³-hybridized carbons (Fsp3) is 0.588. The molecule has 20 heavy (non-hydrogen) atoms. The highest BCUT2D eigenvalue weighted by Gasteiger charge is 2.22. The van der Waals surface area contributed by atoms with Gasteiger partial charge in [0, 0.05) is 13.0 Å². The van der Waals surface area contributed by atoms with Crippen molar-refractivity contribution in [3.63, 3.8) is 0 Å². The molecule has 1 atom stereocenters. The van der Waals surface area contributed by atoms with E-state index in [1.54, 1.807) is 6.92 Å². The first-order valence-corrected chi connectivity index (χ1v) is 7.33. The Morgan fingerprint density at radius 2 is 1.90 bits per heavy atom. The lowest BCUT2D eigenvalue weighted by molar-refractivity contribution is -0.122. The van der Waals surface area contributed by atoms with Crippen LogP contribution in [0, 0.1) is 12.8 Å². The van der Waals surface area contributed by atoms with Gasteiger partial charge in [-0.15, -0.1) is 0 Å². The lowest BCUT2D eigenvalue weighted by Crippen LogP contribution is -2.41. The van der Waals surface area contributed by atoms with Crippen LogP contribution in [0.2, 0.25) is 0 Å². The van der Waals surface area contributed by atoms with E-state index in [1.807, 2.05) is 6.92 Å². The lowest BCUT2D eigenvalue weighted by atomic mass is 9.94. The summed E-state index contributed by atoms with van der Waals surface area (Å²) < 4.78 is 0. The van der Waals surface area contributed by atoms with Gasteiger partial charge < -0.3 is 10.4 Å². The highest BCUT2D eigenvalue weighted by Crippen LogP contribution is 2.15. The van der Waals surface area contributed by atoms with Crippen LogP contribution in [0.3, 0.4) is 0 Å². The maximum Gasteiger partial charge on any atom is 0.220 e. The van der Waals surface area contributed by atoms with E-state index in [2.05, 4.69) is 43.4 Å². The second-order valence-electron chi connectivity index (χ2n) is 6.36. The third-order valence-corrected chi connectivity index (χ3v) is 3.28. The Labute approximate surface area is 122 Å². The van der Waals surface area contributed by atoms with Gasteiger partial charge in [0.1, 0.15) is 0 Å². The van der Waals surface area contributed by atoms with Crippen LogP contribution in [0.15, 0.2) is 24.3 Å². The zero-order valence-corrected chi connectivity index (χ0v) is 13.1. The molecule has 1 amide bonds. The first-order valence-electron chi connectivity index (χ1n) is 7.33. The van der Waals surface area contributed by atoms with Crippen molar-refractivity contribution >= 4 is 5.91 Å². The Kier molecular flexibility index (Phi) is 6.21. The summed E-state index contributed by atoms with van der Waals surface area (Å²) in [5.41, 5.74) is 1.57. The second-order valence-corrected chi connectivity index (χ2v) is 6.36. The molecular weight excluding hydrogens is 250 g/mol. The minimum Gasteiger partial charge on any atom is -0.388 e. The number of carbonyl (C=O) groups excluding carboxylic acids is 1. The minimum atomic E-state index is -0.826. The van der Waals surface area contributed by atoms with Crippen molar-refractivity contribution in [2.75, 3.05) is 6.54 Å². The molecule has 1 rings (SSSR count). The van der Waals surface area contributed by atoms with Crippen LogP contribution in [0.4, 0.5) is 0 Å². The van der Waals surface area contributed by atoms with E-state index in [1.165, 1.54) is 11.1 Å². The molecule has 1 aromatic rings. The van der Waals surface area contributed by atoms with Gasteiger partial charge in [-0.1, -0.05) is 43.7 Å². The molecule has 1 unspecified atom stereocenters. The molecule has 0 spiro atoms. The predicted octanol–water partition coefficient (Wildman–Crippen LogP) is 2.84. The average molecular weight is 277 g/mol. The van der Waals surface area contributed by atoms with Crippen LogP contribution >= 0.6 is 0 Å². The average Bonchev–Trinajstić information content (AvgIpc) is 2.34. The topological polar surface area (TPSA) is 49.3 Å². The van der Waals surface area contributed by atoms with E-state index in [4.69, 9.17) is 0 Å². The quantitative estimate of drug-likeness (QED) is 0.805. The Bertz CT molecular complexity index is 421. The van der Waals surface area contributed by atoms with Crippen molar-refractivity contribution in [3.8, 4) is 0 Å². The summed E-state index contributed by atoms with van der Waals surface area (Å²) in [6, 6.07) is 8.22. The van der Waals surface area contributed by atoms with E-state index in [0.717, 1.165) is 6.42 Å². The molecule has 3 nitrogen and oxygen atoms in total. The van der Waals surface area contributed by atoms with Crippen LogP contribution in [-0.2, 0) is 11.2 Å². The van der Waals surface area contributed by atoms with Crippen LogP contribution < -0.4 is 5.32 Å². The van der Waals surface area contributed by atoms with Crippen molar-refractivity contribution in [2.45, 2.75) is 52.6 Å². The second kappa shape index (κ2) is 7.44. The van der Waals surface area contributed by atoms with Gasteiger partial charge in [0.2, 0.25) is 5.91 Å². The molecule has 0 bridgehead atoms. The van der Waals surface area contributed by atoms with Gasteiger partial charge >= 0.3 is 0 Å². The number of amides is 1. The first kappa shape index (κ1) is 16.7. The van der Waals surface area contributed by atoms with Gasteiger partial charge in [0.15, 0.2) is 0 Å². The zero-order valence-electron chi connectivity index (χ0n) is 13.1. The molecular formula is C17H27NO2. The van der Waals surface area contributed by atoms with E-state index in [-0.39, 0.29) is 5.91 Å². The Balaban J connectivity index is 2.32. The number of aliphatic hydroxyl groups is 1. The smallest absolute Gasteiger partial charge is 0.220 e. The minimum absolute atomic E-state index is 0.00499. The number of carbonyl (C=O) groups is 1. The summed E-state index contributed by atoms with van der Waals surface area (Å²) in [7, 11) is 0. The molecule has 2 N–H and O–H groups in total. The SMILES string of the molecule is Cc1ccc(CCC(=O)NCC(C)(O)CC(C)C)cc1. The molecule has 0 fully saturated rings. The number of nitrogens with one attached hydrogen (secondary N) is 1. The summed E-state index contributed by atoms with van der Waals surface area (Å²) >= 11 is 0. The third-order valence-electron chi connectivity index (χ3n) is 3.28. The van der Waals surface area contributed by atoms with Crippen LogP contribution in [-0.4, -0.2) is 23.2 Å². The molecule has 0 aliphatic carbocycles. The van der Waals surface area contributed by atoms with Crippen molar-refractivity contribution in [3.05, 3.63) is 35.4 Å². The van der Waals surface area contributed by atoms with Crippen molar-refractivity contribution in [2.24, 2.45) is 5.92 Å². The number of hydrogen-bond acceptors (Lipinski definition) is 2. The molecule has 0 aliphatic heterocycles. The summed E-state index contributed by atoms with van der Waals surface area (Å²) in [5, 5.41) is 13.0. The lowest BCUT2D eigenvalue weighted by Gasteiger charge is -2.25. The summed E-state index contributed by atoms with van der Waals surface area (Å²) in [6.07, 6.45) is 1.88. The maximum absolute atomic E-state index is 11.8. The van der Waals surface area contributed by atoms with Gasteiger partial charge in [0.05, 0.1) is 5.60 Å². The van der Waals surface area contributed by atoms with Crippen molar-refractivity contribution < 1.29 is 9.90 Å². The number of benzene rings is 1. The standard InChI is InChI=1S/C17H27NO2/c1-13(2)11-17(4,20)12-18-16(19)10-9-15-7-5-14(3)6-8-15/h5-8,13,20H,9-12H2,1-4H3,(H,18,19). The molecule has 3 heteroatoms. The Morgan fingerprint density at radius 3 is 2.45 bits per heavy atom. The Morgan fingerprint density at radius 1 is 1.30 bits per heavy atom. The molecule has 1 aromatic carbocycles. The van der Waals surface area contributed by atoms with Gasteiger partial charge in [-0.3, -0.25) is 4.79 Å². The molecule has 0 aliphatic rings. The number of hydrogen-bond donors (Lipinski definition) is 2. The fourth-order valence-electron chi connectivity index (χ4n) is 2.34. The zero-order chi connectivity index (χ0) is 15.2. The molecule has 0 saturated heterocycles. The molecule has 0 heterocycles. The van der Waals surface area contributed by atoms with Gasteiger partial charge in [0.25, 0.3) is 0 Å². The van der Waals surface area contributed by atoms with E-state index < -0.39 is 5.60 Å². The fourth-order valence-corrected chi connectivity index (χ4v) is 2.34. The van der Waals surface area contributed by atoms with Crippen molar-refractivity contribution in [1.29, 1.82) is 0 Å². The Hall–Kier alpha value is -1.35. The monoisotopic (exact) mass is 277 g/mol.